The molecule has 1 N–H and O–H groups in total. The molecule has 0 bridgehead atoms. The SMILES string of the molecule is CNC(CSc1cccs1)c1ccc(OC)c(OC)c1. The summed E-state index contributed by atoms with van der Waals surface area (Å²) in [6.45, 7) is 0. The number of nitrogens with one attached hydrogen (secondary N) is 1. The van der Waals surface area contributed by atoms with Gasteiger partial charge in [-0.2, -0.15) is 0 Å². The van der Waals surface area contributed by atoms with E-state index in [2.05, 4.69) is 28.9 Å². The molecule has 3 nitrogen and oxygen atoms in total. The highest BCUT2D eigenvalue weighted by Gasteiger charge is 2.13. The zero-order valence-electron chi connectivity index (χ0n) is 11.9. The predicted octanol–water partition coefficient (Wildman–Crippen LogP) is 3.82. The van der Waals surface area contributed by atoms with Gasteiger partial charge in [-0.15, -0.1) is 23.1 Å². The summed E-state index contributed by atoms with van der Waals surface area (Å²) in [6.07, 6.45) is 0. The summed E-state index contributed by atoms with van der Waals surface area (Å²) in [4.78, 5) is 0. The molecular formula is C15H19NO2S2. The third-order valence-electron chi connectivity index (χ3n) is 3.05. The van der Waals surface area contributed by atoms with Crippen LogP contribution in [0.2, 0.25) is 0 Å². The van der Waals surface area contributed by atoms with E-state index in [9.17, 15) is 0 Å². The van der Waals surface area contributed by atoms with E-state index in [1.54, 1.807) is 25.6 Å². The number of thiophene rings is 1. The Kier molecular flexibility index (Phi) is 5.76. The van der Waals surface area contributed by atoms with Crippen molar-refractivity contribution < 1.29 is 9.47 Å². The summed E-state index contributed by atoms with van der Waals surface area (Å²) in [5.41, 5.74) is 1.20. The Morgan fingerprint density at radius 1 is 1.20 bits per heavy atom. The molecule has 1 aromatic carbocycles. The van der Waals surface area contributed by atoms with Crippen molar-refractivity contribution in [3.05, 3.63) is 41.3 Å². The van der Waals surface area contributed by atoms with Crippen LogP contribution in [0.15, 0.2) is 39.9 Å². The monoisotopic (exact) mass is 309 g/mol. The maximum absolute atomic E-state index is 5.36. The minimum atomic E-state index is 0.280. The van der Waals surface area contributed by atoms with Crippen LogP contribution in [0, 0.1) is 0 Å². The van der Waals surface area contributed by atoms with Crippen molar-refractivity contribution in [3.8, 4) is 11.5 Å². The van der Waals surface area contributed by atoms with Crippen LogP contribution in [-0.4, -0.2) is 27.0 Å². The highest BCUT2D eigenvalue weighted by atomic mass is 32.2. The highest BCUT2D eigenvalue weighted by Crippen LogP contribution is 2.33. The van der Waals surface area contributed by atoms with Crippen molar-refractivity contribution in [2.45, 2.75) is 10.3 Å². The zero-order chi connectivity index (χ0) is 14.4. The van der Waals surface area contributed by atoms with Crippen molar-refractivity contribution in [3.63, 3.8) is 0 Å². The van der Waals surface area contributed by atoms with Crippen molar-refractivity contribution in [1.82, 2.24) is 5.32 Å². The number of rotatable bonds is 7. The third kappa shape index (κ3) is 3.69. The van der Waals surface area contributed by atoms with E-state index in [-0.39, 0.29) is 6.04 Å². The van der Waals surface area contributed by atoms with Gasteiger partial charge in [0, 0.05) is 11.8 Å². The Bertz CT molecular complexity index is 529. The van der Waals surface area contributed by atoms with E-state index in [4.69, 9.17) is 9.47 Å². The third-order valence-corrected chi connectivity index (χ3v) is 5.27. The number of hydrogen-bond donors (Lipinski definition) is 1. The molecular weight excluding hydrogens is 290 g/mol. The predicted molar refractivity (Wildman–Crippen MR) is 86.4 cm³/mol. The fourth-order valence-corrected chi connectivity index (χ4v) is 3.88. The Labute approximate surface area is 128 Å². The molecule has 1 aromatic heterocycles. The van der Waals surface area contributed by atoms with Crippen LogP contribution in [0.5, 0.6) is 11.5 Å². The molecule has 0 fully saturated rings. The van der Waals surface area contributed by atoms with Crippen molar-refractivity contribution >= 4 is 23.1 Å². The van der Waals surface area contributed by atoms with Crippen molar-refractivity contribution in [2.24, 2.45) is 0 Å². The van der Waals surface area contributed by atoms with Crippen molar-refractivity contribution in [1.29, 1.82) is 0 Å². The second kappa shape index (κ2) is 7.57. The van der Waals surface area contributed by atoms with Crippen LogP contribution in [-0.2, 0) is 0 Å². The first kappa shape index (κ1) is 15.2. The van der Waals surface area contributed by atoms with E-state index in [1.807, 2.05) is 30.9 Å². The number of methoxy groups -OCH3 is 2. The minimum absolute atomic E-state index is 0.280. The topological polar surface area (TPSA) is 30.5 Å². The average Bonchev–Trinajstić information content (AvgIpc) is 3.01. The molecule has 2 aromatic rings. The quantitative estimate of drug-likeness (QED) is 0.788. The van der Waals surface area contributed by atoms with Gasteiger partial charge < -0.3 is 14.8 Å². The molecule has 108 valence electrons. The van der Waals surface area contributed by atoms with Crippen LogP contribution in [0.25, 0.3) is 0 Å². The number of thioether (sulfide) groups is 1. The lowest BCUT2D eigenvalue weighted by molar-refractivity contribution is 0.354. The first-order valence-electron chi connectivity index (χ1n) is 6.34. The summed E-state index contributed by atoms with van der Waals surface area (Å²) >= 11 is 3.64. The Hall–Kier alpha value is -1.17. The summed E-state index contributed by atoms with van der Waals surface area (Å²) in [5, 5.41) is 5.46. The Morgan fingerprint density at radius 2 is 2.00 bits per heavy atom. The van der Waals surface area contributed by atoms with E-state index in [0.29, 0.717) is 0 Å². The van der Waals surface area contributed by atoms with Gasteiger partial charge in [-0.3, -0.25) is 0 Å². The molecule has 0 aliphatic heterocycles. The van der Waals surface area contributed by atoms with Gasteiger partial charge in [0.15, 0.2) is 11.5 Å². The minimum Gasteiger partial charge on any atom is -0.493 e. The molecule has 1 heterocycles. The van der Waals surface area contributed by atoms with Crippen LogP contribution in [0.4, 0.5) is 0 Å². The normalized spacial score (nSPS) is 12.2. The molecule has 20 heavy (non-hydrogen) atoms. The standard InChI is InChI=1S/C15H19NO2S2/c1-16-12(10-20-15-5-4-8-19-15)11-6-7-13(17-2)14(9-11)18-3/h4-9,12,16H,10H2,1-3H3. The maximum atomic E-state index is 5.36. The molecule has 0 saturated carbocycles. The average molecular weight is 309 g/mol. The summed E-state index contributed by atoms with van der Waals surface area (Å²) < 4.78 is 12.0. The summed E-state index contributed by atoms with van der Waals surface area (Å²) in [6, 6.07) is 10.6. The van der Waals surface area contributed by atoms with E-state index < -0.39 is 0 Å². The number of ether oxygens (including phenoxy) is 2. The lowest BCUT2D eigenvalue weighted by Gasteiger charge is -2.17. The van der Waals surface area contributed by atoms with Gasteiger partial charge in [0.1, 0.15) is 0 Å². The summed E-state index contributed by atoms with van der Waals surface area (Å²) in [7, 11) is 5.30. The van der Waals surface area contributed by atoms with Crippen LogP contribution < -0.4 is 14.8 Å². The Morgan fingerprint density at radius 3 is 2.60 bits per heavy atom. The first-order valence-corrected chi connectivity index (χ1v) is 8.20. The molecule has 0 radical (unpaired) electrons. The van der Waals surface area contributed by atoms with E-state index >= 15 is 0 Å². The fourth-order valence-electron chi connectivity index (χ4n) is 1.93. The molecule has 0 saturated heterocycles. The van der Waals surface area contributed by atoms with Crippen LogP contribution in [0.1, 0.15) is 11.6 Å². The zero-order valence-corrected chi connectivity index (χ0v) is 13.5. The van der Waals surface area contributed by atoms with E-state index in [0.717, 1.165) is 17.3 Å². The molecule has 0 spiro atoms. The van der Waals surface area contributed by atoms with Gasteiger partial charge >= 0.3 is 0 Å². The molecule has 1 atom stereocenters. The van der Waals surface area contributed by atoms with Gasteiger partial charge in [-0.25, -0.2) is 0 Å². The maximum Gasteiger partial charge on any atom is 0.161 e. The van der Waals surface area contributed by atoms with Gasteiger partial charge in [0.2, 0.25) is 0 Å². The van der Waals surface area contributed by atoms with Gasteiger partial charge in [-0.05, 0) is 36.2 Å². The Balaban J connectivity index is 2.10. The van der Waals surface area contributed by atoms with E-state index in [1.165, 1.54) is 9.77 Å². The van der Waals surface area contributed by atoms with Gasteiger partial charge in [0.05, 0.1) is 18.4 Å². The number of hydrogen-bond acceptors (Lipinski definition) is 5. The van der Waals surface area contributed by atoms with Crippen LogP contribution >= 0.6 is 23.1 Å². The largest absolute Gasteiger partial charge is 0.493 e. The second-order valence-corrected chi connectivity index (χ2v) is 6.47. The molecule has 0 aliphatic rings. The van der Waals surface area contributed by atoms with Crippen molar-refractivity contribution in [2.75, 3.05) is 27.0 Å². The molecule has 0 amide bonds. The highest BCUT2D eigenvalue weighted by molar-refractivity contribution is 8.01. The smallest absolute Gasteiger partial charge is 0.161 e. The lowest BCUT2D eigenvalue weighted by Crippen LogP contribution is -2.18. The fraction of sp³-hybridized carbons (Fsp3) is 0.333. The molecule has 0 aliphatic carbocycles. The van der Waals surface area contributed by atoms with Gasteiger partial charge in [-0.1, -0.05) is 12.1 Å². The first-order chi connectivity index (χ1) is 9.78. The lowest BCUT2D eigenvalue weighted by atomic mass is 10.1. The van der Waals surface area contributed by atoms with Gasteiger partial charge in [0.25, 0.3) is 0 Å². The molecule has 2 rings (SSSR count). The molecule has 5 heteroatoms. The number of benzene rings is 1. The molecule has 1 unspecified atom stereocenters. The summed E-state index contributed by atoms with van der Waals surface area (Å²) in [5.74, 6) is 2.51. The second-order valence-electron chi connectivity index (χ2n) is 4.20. The van der Waals surface area contributed by atoms with Crippen LogP contribution in [0.3, 0.4) is 0 Å².